The van der Waals surface area contributed by atoms with Crippen LogP contribution in [0.3, 0.4) is 0 Å². The van der Waals surface area contributed by atoms with Crippen LogP contribution in [0.25, 0.3) is 10.9 Å². The van der Waals surface area contributed by atoms with Gasteiger partial charge in [0.15, 0.2) is 0 Å². The van der Waals surface area contributed by atoms with Gasteiger partial charge in [0.1, 0.15) is 23.0 Å². The molecule has 0 aliphatic heterocycles. The zero-order valence-corrected chi connectivity index (χ0v) is 20.6. The summed E-state index contributed by atoms with van der Waals surface area (Å²) in [5.41, 5.74) is 27.7. The minimum Gasteiger partial charge on any atom is -0.457 e. The average Bonchev–Trinajstić information content (AvgIpc) is 3.18. The molecule has 0 radical (unpaired) electrons. The van der Waals surface area contributed by atoms with E-state index in [9.17, 15) is 4.79 Å². The standard InChI is InChI=1S/C29H32N6O2/c30-20-9-11-21(12-10-20)34-28(32)19-8-15-24-25(16-19)35(27(26(24)31)29(33)36)17-18-6-13-23(14-7-18)37-22-4-2-1-3-5-22/h1-8,13-16,20-21H,9-12,17,30-31H2,(H2,32,34)(H2,33,36). The van der Waals surface area contributed by atoms with Crippen molar-refractivity contribution in [3.05, 3.63) is 89.6 Å². The van der Waals surface area contributed by atoms with Crippen LogP contribution < -0.4 is 27.7 Å². The first-order chi connectivity index (χ1) is 17.9. The van der Waals surface area contributed by atoms with E-state index in [0.29, 0.717) is 18.1 Å². The molecule has 1 amide bonds. The van der Waals surface area contributed by atoms with Crippen molar-refractivity contribution in [2.24, 2.45) is 22.2 Å². The maximum Gasteiger partial charge on any atom is 0.267 e. The van der Waals surface area contributed by atoms with Crippen LogP contribution in [0.5, 0.6) is 11.5 Å². The van der Waals surface area contributed by atoms with E-state index in [0.717, 1.165) is 59.2 Å². The molecule has 3 aromatic carbocycles. The van der Waals surface area contributed by atoms with E-state index >= 15 is 0 Å². The fourth-order valence-electron chi connectivity index (χ4n) is 4.94. The molecule has 0 saturated heterocycles. The molecule has 0 bridgehead atoms. The van der Waals surface area contributed by atoms with Crippen molar-refractivity contribution in [3.8, 4) is 11.5 Å². The van der Waals surface area contributed by atoms with Gasteiger partial charge in [-0.1, -0.05) is 36.4 Å². The number of carbonyl (C=O) groups excluding carboxylic acids is 1. The fraction of sp³-hybridized carbons (Fsp3) is 0.241. The van der Waals surface area contributed by atoms with Gasteiger partial charge in [0.2, 0.25) is 0 Å². The Labute approximate surface area is 215 Å². The summed E-state index contributed by atoms with van der Waals surface area (Å²) in [5.74, 6) is 1.37. The second-order valence-electron chi connectivity index (χ2n) is 9.59. The quantitative estimate of drug-likeness (QED) is 0.224. The molecule has 1 saturated carbocycles. The van der Waals surface area contributed by atoms with E-state index in [1.807, 2.05) is 77.4 Å². The van der Waals surface area contributed by atoms with Gasteiger partial charge < -0.3 is 32.2 Å². The molecule has 0 atom stereocenters. The Morgan fingerprint density at radius 1 is 0.919 bits per heavy atom. The second kappa shape index (κ2) is 10.4. The highest BCUT2D eigenvalue weighted by Crippen LogP contribution is 2.31. The summed E-state index contributed by atoms with van der Waals surface area (Å²) in [4.78, 5) is 17.2. The molecule has 8 nitrogen and oxygen atoms in total. The number of carbonyl (C=O) groups is 1. The minimum absolute atomic E-state index is 0.171. The number of amidine groups is 1. The van der Waals surface area contributed by atoms with Crippen molar-refractivity contribution in [3.63, 3.8) is 0 Å². The zero-order chi connectivity index (χ0) is 25.9. The first-order valence-electron chi connectivity index (χ1n) is 12.5. The lowest BCUT2D eigenvalue weighted by atomic mass is 9.92. The van der Waals surface area contributed by atoms with Crippen molar-refractivity contribution >= 4 is 28.3 Å². The molecular formula is C29H32N6O2. The SMILES string of the molecule is NC(=O)c1c(N)c2ccc(C(N)=NC3CCC(N)CC3)cc2n1Cc1ccc(Oc2ccccc2)cc1. The number of nitrogens with two attached hydrogens (primary N) is 4. The number of hydrogen-bond donors (Lipinski definition) is 4. The molecule has 1 aliphatic carbocycles. The summed E-state index contributed by atoms with van der Waals surface area (Å²) >= 11 is 0. The van der Waals surface area contributed by atoms with Gasteiger partial charge in [0.05, 0.1) is 17.2 Å². The molecule has 190 valence electrons. The number of amides is 1. The van der Waals surface area contributed by atoms with Crippen LogP contribution in [-0.2, 0) is 6.54 Å². The number of aliphatic imine (C=N–C) groups is 1. The third-order valence-corrected chi connectivity index (χ3v) is 6.94. The first-order valence-corrected chi connectivity index (χ1v) is 12.5. The molecule has 0 unspecified atom stereocenters. The summed E-state index contributed by atoms with van der Waals surface area (Å²) in [6, 6.07) is 23.4. The van der Waals surface area contributed by atoms with Crippen LogP contribution >= 0.6 is 0 Å². The average molecular weight is 497 g/mol. The number of hydrogen-bond acceptors (Lipinski definition) is 5. The van der Waals surface area contributed by atoms with Gasteiger partial charge >= 0.3 is 0 Å². The number of anilines is 1. The lowest BCUT2D eigenvalue weighted by Crippen LogP contribution is -2.29. The Bertz CT molecular complexity index is 1440. The van der Waals surface area contributed by atoms with E-state index < -0.39 is 5.91 Å². The van der Waals surface area contributed by atoms with Crippen molar-refractivity contribution in [2.75, 3.05) is 5.73 Å². The molecular weight excluding hydrogens is 464 g/mol. The number of ether oxygens (including phenoxy) is 1. The molecule has 8 N–H and O–H groups in total. The number of fused-ring (bicyclic) bond motifs is 1. The highest BCUT2D eigenvalue weighted by molar-refractivity contribution is 6.09. The number of nitrogens with zero attached hydrogens (tertiary/aromatic N) is 2. The van der Waals surface area contributed by atoms with Crippen molar-refractivity contribution in [2.45, 2.75) is 44.3 Å². The van der Waals surface area contributed by atoms with Gasteiger partial charge in [-0.05, 0) is 67.6 Å². The molecule has 1 heterocycles. The van der Waals surface area contributed by atoms with Crippen LogP contribution in [0.2, 0.25) is 0 Å². The smallest absolute Gasteiger partial charge is 0.267 e. The van der Waals surface area contributed by atoms with Crippen LogP contribution in [0.4, 0.5) is 5.69 Å². The molecule has 1 aromatic heterocycles. The molecule has 0 spiro atoms. The Hall–Kier alpha value is -4.30. The maximum absolute atomic E-state index is 12.4. The van der Waals surface area contributed by atoms with Crippen LogP contribution in [-0.4, -0.2) is 28.4 Å². The van der Waals surface area contributed by atoms with Crippen molar-refractivity contribution < 1.29 is 9.53 Å². The van der Waals surface area contributed by atoms with Crippen LogP contribution in [0.15, 0.2) is 77.8 Å². The van der Waals surface area contributed by atoms with Gasteiger partial charge in [-0.15, -0.1) is 0 Å². The number of para-hydroxylation sites is 1. The fourth-order valence-corrected chi connectivity index (χ4v) is 4.94. The minimum atomic E-state index is -0.584. The molecule has 37 heavy (non-hydrogen) atoms. The normalized spacial score (nSPS) is 18.1. The maximum atomic E-state index is 12.4. The largest absolute Gasteiger partial charge is 0.457 e. The number of primary amides is 1. The summed E-state index contributed by atoms with van der Waals surface area (Å²) < 4.78 is 7.74. The van der Waals surface area contributed by atoms with E-state index in [1.54, 1.807) is 0 Å². The van der Waals surface area contributed by atoms with Gasteiger partial charge in [-0.25, -0.2) is 0 Å². The van der Waals surface area contributed by atoms with Crippen molar-refractivity contribution in [1.29, 1.82) is 0 Å². The highest BCUT2D eigenvalue weighted by Gasteiger charge is 2.21. The third-order valence-electron chi connectivity index (χ3n) is 6.94. The highest BCUT2D eigenvalue weighted by atomic mass is 16.5. The van der Waals surface area contributed by atoms with Crippen molar-refractivity contribution in [1.82, 2.24) is 4.57 Å². The van der Waals surface area contributed by atoms with Gasteiger partial charge in [-0.3, -0.25) is 9.79 Å². The van der Waals surface area contributed by atoms with Crippen LogP contribution in [0.1, 0.15) is 47.3 Å². The van der Waals surface area contributed by atoms with Crippen LogP contribution in [0, 0.1) is 0 Å². The van der Waals surface area contributed by atoms with E-state index in [-0.39, 0.29) is 17.8 Å². The third kappa shape index (κ3) is 5.29. The predicted molar refractivity (Wildman–Crippen MR) is 148 cm³/mol. The van der Waals surface area contributed by atoms with E-state index in [4.69, 9.17) is 32.7 Å². The van der Waals surface area contributed by atoms with Gasteiger partial charge in [0, 0.05) is 23.5 Å². The Morgan fingerprint density at radius 2 is 1.59 bits per heavy atom. The molecule has 8 heteroatoms. The topological polar surface area (TPSA) is 148 Å². The molecule has 1 fully saturated rings. The van der Waals surface area contributed by atoms with E-state index in [1.165, 1.54) is 0 Å². The molecule has 1 aliphatic rings. The Kier molecular flexibility index (Phi) is 6.83. The number of rotatable bonds is 7. The lowest BCUT2D eigenvalue weighted by Gasteiger charge is -2.23. The summed E-state index contributed by atoms with van der Waals surface area (Å²) in [5, 5.41) is 0.748. The number of aromatic nitrogens is 1. The lowest BCUT2D eigenvalue weighted by molar-refractivity contribution is 0.0993. The van der Waals surface area contributed by atoms with E-state index in [2.05, 4.69) is 0 Å². The van der Waals surface area contributed by atoms with Gasteiger partial charge in [0.25, 0.3) is 5.91 Å². The number of nitrogen functional groups attached to an aromatic ring is 1. The summed E-state index contributed by atoms with van der Waals surface area (Å²) in [7, 11) is 0. The summed E-state index contributed by atoms with van der Waals surface area (Å²) in [6.07, 6.45) is 3.78. The monoisotopic (exact) mass is 496 g/mol. The number of benzene rings is 3. The predicted octanol–water partition coefficient (Wildman–Crippen LogP) is 4.14. The molecule has 4 aromatic rings. The molecule has 5 rings (SSSR count). The second-order valence-corrected chi connectivity index (χ2v) is 9.59. The Morgan fingerprint density at radius 3 is 2.27 bits per heavy atom. The first kappa shape index (κ1) is 24.4. The van der Waals surface area contributed by atoms with Gasteiger partial charge in [-0.2, -0.15) is 0 Å². The summed E-state index contributed by atoms with van der Waals surface area (Å²) in [6.45, 7) is 0.401. The zero-order valence-electron chi connectivity index (χ0n) is 20.6. The Balaban J connectivity index is 1.45.